The molecule has 1 unspecified atom stereocenters. The van der Waals surface area contributed by atoms with Crippen molar-refractivity contribution in [1.82, 2.24) is 4.90 Å². The zero-order valence-corrected chi connectivity index (χ0v) is 10.9. The van der Waals surface area contributed by atoms with E-state index in [4.69, 9.17) is 5.73 Å². The Kier molecular flexibility index (Phi) is 2.44. The summed E-state index contributed by atoms with van der Waals surface area (Å²) < 4.78 is 0. The highest BCUT2D eigenvalue weighted by atomic mass is 15.1. The van der Waals surface area contributed by atoms with E-state index in [1.807, 2.05) is 0 Å². The number of hydrogen-bond acceptors (Lipinski definition) is 2. The van der Waals surface area contributed by atoms with Crippen LogP contribution in [-0.4, -0.2) is 18.0 Å². The summed E-state index contributed by atoms with van der Waals surface area (Å²) in [5, 5.41) is 0. The summed E-state index contributed by atoms with van der Waals surface area (Å²) in [6.07, 6.45) is 3.85. The second-order valence-corrected chi connectivity index (χ2v) is 5.93. The lowest BCUT2D eigenvalue weighted by Crippen LogP contribution is -2.45. The van der Waals surface area contributed by atoms with Crippen molar-refractivity contribution < 1.29 is 0 Å². The van der Waals surface area contributed by atoms with Crippen LogP contribution in [0.5, 0.6) is 0 Å². The standard InChI is InChI=1S/C15H22N2/c1-3-17-9-12-8-13(16)7-11-5-4-6-15(2,10-17)14(11)12/h7-8H,3-6,9-10,16H2,1-2H3. The highest BCUT2D eigenvalue weighted by Gasteiger charge is 2.38. The molecule has 0 saturated heterocycles. The van der Waals surface area contributed by atoms with E-state index in [2.05, 4.69) is 30.9 Å². The number of nitrogens with two attached hydrogens (primary N) is 1. The summed E-state index contributed by atoms with van der Waals surface area (Å²) >= 11 is 0. The van der Waals surface area contributed by atoms with Gasteiger partial charge in [0.25, 0.3) is 0 Å². The average molecular weight is 230 g/mol. The molecule has 92 valence electrons. The molecule has 1 aliphatic carbocycles. The number of hydrogen-bond donors (Lipinski definition) is 1. The molecule has 1 aromatic rings. The SMILES string of the molecule is CCN1Cc2cc(N)cc3c2C(C)(CCC3)C1. The molecule has 0 bridgehead atoms. The molecule has 1 atom stereocenters. The number of anilines is 1. The Hall–Kier alpha value is -1.02. The second kappa shape index (κ2) is 3.74. The molecule has 1 aromatic carbocycles. The highest BCUT2D eigenvalue weighted by molar-refractivity contribution is 5.54. The first-order chi connectivity index (χ1) is 8.12. The van der Waals surface area contributed by atoms with E-state index in [1.54, 1.807) is 5.56 Å². The van der Waals surface area contributed by atoms with Gasteiger partial charge >= 0.3 is 0 Å². The van der Waals surface area contributed by atoms with Crippen molar-refractivity contribution in [2.45, 2.75) is 45.1 Å². The Morgan fingerprint density at radius 1 is 1.35 bits per heavy atom. The molecule has 2 heteroatoms. The molecule has 0 saturated carbocycles. The number of aryl methyl sites for hydroxylation is 1. The minimum absolute atomic E-state index is 0.366. The van der Waals surface area contributed by atoms with Gasteiger partial charge in [0.15, 0.2) is 0 Å². The van der Waals surface area contributed by atoms with Crippen molar-refractivity contribution >= 4 is 5.69 Å². The summed E-state index contributed by atoms with van der Waals surface area (Å²) in [7, 11) is 0. The van der Waals surface area contributed by atoms with Crippen LogP contribution in [-0.2, 0) is 18.4 Å². The normalized spacial score (nSPS) is 27.9. The van der Waals surface area contributed by atoms with Crippen LogP contribution in [0.1, 0.15) is 43.4 Å². The second-order valence-electron chi connectivity index (χ2n) is 5.93. The van der Waals surface area contributed by atoms with Crippen LogP contribution in [0.15, 0.2) is 12.1 Å². The van der Waals surface area contributed by atoms with E-state index < -0.39 is 0 Å². The lowest BCUT2D eigenvalue weighted by atomic mass is 9.67. The van der Waals surface area contributed by atoms with Gasteiger partial charge in [-0.15, -0.1) is 0 Å². The number of benzene rings is 1. The predicted molar refractivity (Wildman–Crippen MR) is 72.1 cm³/mol. The van der Waals surface area contributed by atoms with E-state index in [9.17, 15) is 0 Å². The molecule has 3 rings (SSSR count). The molecule has 0 aromatic heterocycles. The van der Waals surface area contributed by atoms with Crippen molar-refractivity contribution in [2.24, 2.45) is 0 Å². The molecule has 2 nitrogen and oxygen atoms in total. The van der Waals surface area contributed by atoms with Gasteiger partial charge in [0.1, 0.15) is 0 Å². The number of rotatable bonds is 1. The number of likely N-dealkylation sites (N-methyl/N-ethyl adjacent to an activating group) is 1. The minimum atomic E-state index is 0.366. The first-order valence-electron chi connectivity index (χ1n) is 6.76. The molecular formula is C15H22N2. The zero-order chi connectivity index (χ0) is 12.0. The van der Waals surface area contributed by atoms with Crippen molar-refractivity contribution in [1.29, 1.82) is 0 Å². The minimum Gasteiger partial charge on any atom is -0.399 e. The van der Waals surface area contributed by atoms with Crippen molar-refractivity contribution in [3.8, 4) is 0 Å². The van der Waals surface area contributed by atoms with Gasteiger partial charge in [-0.25, -0.2) is 0 Å². The molecule has 0 spiro atoms. The number of nitrogen functional groups attached to an aromatic ring is 1. The van der Waals surface area contributed by atoms with Gasteiger partial charge in [-0.3, -0.25) is 4.90 Å². The van der Waals surface area contributed by atoms with Crippen LogP contribution in [0.4, 0.5) is 5.69 Å². The van der Waals surface area contributed by atoms with E-state index >= 15 is 0 Å². The first kappa shape index (κ1) is 11.1. The maximum atomic E-state index is 6.04. The summed E-state index contributed by atoms with van der Waals surface area (Å²) in [4.78, 5) is 2.55. The van der Waals surface area contributed by atoms with Gasteiger partial charge in [0.05, 0.1) is 0 Å². The van der Waals surface area contributed by atoms with Gasteiger partial charge in [-0.1, -0.05) is 13.8 Å². The molecule has 2 N–H and O–H groups in total. The molecule has 0 fully saturated rings. The monoisotopic (exact) mass is 230 g/mol. The fraction of sp³-hybridized carbons (Fsp3) is 0.600. The Balaban J connectivity index is 2.17. The molecule has 2 aliphatic rings. The zero-order valence-electron chi connectivity index (χ0n) is 10.9. The fourth-order valence-corrected chi connectivity index (χ4v) is 3.86. The molecular weight excluding hydrogens is 208 g/mol. The third kappa shape index (κ3) is 1.66. The maximum Gasteiger partial charge on any atom is 0.0320 e. The maximum absolute atomic E-state index is 6.04. The smallest absolute Gasteiger partial charge is 0.0320 e. The lowest BCUT2D eigenvalue weighted by molar-refractivity contribution is 0.177. The largest absolute Gasteiger partial charge is 0.399 e. The van der Waals surface area contributed by atoms with Crippen molar-refractivity contribution in [3.63, 3.8) is 0 Å². The van der Waals surface area contributed by atoms with Gasteiger partial charge in [-0.2, -0.15) is 0 Å². The first-order valence-corrected chi connectivity index (χ1v) is 6.76. The Labute approximate surface area is 104 Å². The van der Waals surface area contributed by atoms with E-state index in [-0.39, 0.29) is 0 Å². The third-order valence-corrected chi connectivity index (χ3v) is 4.52. The van der Waals surface area contributed by atoms with Crippen LogP contribution in [0.3, 0.4) is 0 Å². The summed E-state index contributed by atoms with van der Waals surface area (Å²) in [6.45, 7) is 8.13. The van der Waals surface area contributed by atoms with Crippen LogP contribution in [0, 0.1) is 0 Å². The number of nitrogens with zero attached hydrogens (tertiary/aromatic N) is 1. The summed E-state index contributed by atoms with van der Waals surface area (Å²) in [6, 6.07) is 4.40. The third-order valence-electron chi connectivity index (χ3n) is 4.52. The topological polar surface area (TPSA) is 29.3 Å². The van der Waals surface area contributed by atoms with E-state index in [0.717, 1.165) is 18.8 Å². The Morgan fingerprint density at radius 2 is 2.12 bits per heavy atom. The van der Waals surface area contributed by atoms with Crippen LogP contribution in [0.25, 0.3) is 0 Å². The van der Waals surface area contributed by atoms with Crippen LogP contribution >= 0.6 is 0 Å². The lowest BCUT2D eigenvalue weighted by Gasteiger charge is -2.45. The van der Waals surface area contributed by atoms with Crippen molar-refractivity contribution in [3.05, 3.63) is 28.8 Å². The summed E-state index contributed by atoms with van der Waals surface area (Å²) in [5.41, 5.74) is 12.0. The predicted octanol–water partition coefficient (Wildman–Crippen LogP) is 2.70. The summed E-state index contributed by atoms with van der Waals surface area (Å²) in [5.74, 6) is 0. The van der Waals surface area contributed by atoms with E-state index in [1.165, 1.54) is 36.9 Å². The molecule has 17 heavy (non-hydrogen) atoms. The van der Waals surface area contributed by atoms with Gasteiger partial charge in [0.2, 0.25) is 0 Å². The molecule has 0 amide bonds. The van der Waals surface area contributed by atoms with Crippen LogP contribution in [0.2, 0.25) is 0 Å². The van der Waals surface area contributed by atoms with Gasteiger partial charge in [0, 0.05) is 24.2 Å². The molecule has 0 radical (unpaired) electrons. The average Bonchev–Trinajstić information content (AvgIpc) is 2.27. The highest BCUT2D eigenvalue weighted by Crippen LogP contribution is 2.43. The molecule has 1 heterocycles. The molecule has 1 aliphatic heterocycles. The van der Waals surface area contributed by atoms with Crippen LogP contribution < -0.4 is 5.73 Å². The van der Waals surface area contributed by atoms with E-state index in [0.29, 0.717) is 5.41 Å². The van der Waals surface area contributed by atoms with Gasteiger partial charge < -0.3 is 5.73 Å². The Bertz CT molecular complexity index is 452. The fourth-order valence-electron chi connectivity index (χ4n) is 3.86. The Morgan fingerprint density at radius 3 is 2.88 bits per heavy atom. The quantitative estimate of drug-likeness (QED) is 0.752. The van der Waals surface area contributed by atoms with Gasteiger partial charge in [-0.05, 0) is 54.6 Å². The van der Waals surface area contributed by atoms with Crippen molar-refractivity contribution in [2.75, 3.05) is 18.8 Å².